The minimum atomic E-state index is -0.704. The zero-order valence-electron chi connectivity index (χ0n) is 17.9. The van der Waals surface area contributed by atoms with Crippen LogP contribution in [0, 0.1) is 5.92 Å². The van der Waals surface area contributed by atoms with Crippen LogP contribution >= 0.6 is 11.3 Å². The van der Waals surface area contributed by atoms with E-state index >= 15 is 0 Å². The predicted molar refractivity (Wildman–Crippen MR) is 126 cm³/mol. The molecule has 8 heteroatoms. The second-order valence-corrected chi connectivity index (χ2v) is 10.4. The molecule has 5 rings (SSSR count). The Labute approximate surface area is 185 Å². The Morgan fingerprint density at radius 3 is 2.58 bits per heavy atom. The fraction of sp³-hybridized carbons (Fsp3) is 0.522. The van der Waals surface area contributed by atoms with Crippen molar-refractivity contribution in [2.75, 3.05) is 10.6 Å². The van der Waals surface area contributed by atoms with Crippen molar-refractivity contribution < 1.29 is 5.11 Å². The highest BCUT2D eigenvalue weighted by atomic mass is 32.1. The molecule has 0 saturated heterocycles. The van der Waals surface area contributed by atoms with Gasteiger partial charge in [-0.25, -0.2) is 4.98 Å². The molecule has 0 bridgehead atoms. The molecule has 7 nitrogen and oxygen atoms in total. The number of anilines is 2. The van der Waals surface area contributed by atoms with E-state index in [1.165, 1.54) is 17.8 Å². The zero-order valence-corrected chi connectivity index (χ0v) is 18.8. The van der Waals surface area contributed by atoms with Gasteiger partial charge in [0.1, 0.15) is 16.4 Å². The van der Waals surface area contributed by atoms with Crippen LogP contribution in [0.1, 0.15) is 52.4 Å². The third-order valence-electron chi connectivity index (χ3n) is 6.65. The summed E-state index contributed by atoms with van der Waals surface area (Å²) in [6, 6.07) is 8.44. The molecule has 4 N–H and O–H groups in total. The van der Waals surface area contributed by atoms with Crippen LogP contribution in [0.5, 0.6) is 0 Å². The van der Waals surface area contributed by atoms with Crippen LogP contribution in [0.3, 0.4) is 0 Å². The lowest BCUT2D eigenvalue weighted by Crippen LogP contribution is -2.31. The molecule has 31 heavy (non-hydrogen) atoms. The summed E-state index contributed by atoms with van der Waals surface area (Å²) in [5.74, 6) is 1.32. The largest absolute Gasteiger partial charge is 0.390 e. The molecule has 2 aliphatic carbocycles. The van der Waals surface area contributed by atoms with Crippen LogP contribution in [-0.2, 0) is 0 Å². The van der Waals surface area contributed by atoms with Crippen molar-refractivity contribution >= 4 is 33.3 Å². The average molecular weight is 440 g/mol. The maximum absolute atomic E-state index is 13.2. The van der Waals surface area contributed by atoms with Crippen LogP contribution in [0.25, 0.3) is 20.8 Å². The van der Waals surface area contributed by atoms with Gasteiger partial charge >= 0.3 is 0 Å². The number of aromatic nitrogens is 3. The van der Waals surface area contributed by atoms with Gasteiger partial charge in [0.25, 0.3) is 5.56 Å². The number of aliphatic hydroxyl groups is 1. The molecule has 2 fully saturated rings. The summed E-state index contributed by atoms with van der Waals surface area (Å²) in [5, 5.41) is 18.0. The number of H-pyrrole nitrogens is 1. The Hall–Kier alpha value is -2.45. The molecule has 2 saturated carbocycles. The van der Waals surface area contributed by atoms with E-state index in [1.54, 1.807) is 0 Å². The van der Waals surface area contributed by atoms with Gasteiger partial charge in [0.05, 0.1) is 15.8 Å². The maximum atomic E-state index is 13.2. The maximum Gasteiger partial charge on any atom is 0.264 e. The Bertz CT molecular complexity index is 1110. The first-order valence-electron chi connectivity index (χ1n) is 11.1. The second kappa shape index (κ2) is 7.91. The molecule has 0 spiro atoms. The van der Waals surface area contributed by atoms with Gasteiger partial charge in [-0.3, -0.25) is 9.78 Å². The monoisotopic (exact) mass is 439 g/mol. The Kier molecular flexibility index (Phi) is 5.22. The number of benzene rings is 1. The predicted octanol–water partition coefficient (Wildman–Crippen LogP) is 4.36. The zero-order chi connectivity index (χ0) is 21.6. The van der Waals surface area contributed by atoms with E-state index < -0.39 is 5.60 Å². The van der Waals surface area contributed by atoms with Crippen LogP contribution < -0.4 is 16.2 Å². The van der Waals surface area contributed by atoms with Gasteiger partial charge in [-0.05, 0) is 70.4 Å². The van der Waals surface area contributed by atoms with Crippen LogP contribution in [0.15, 0.2) is 29.1 Å². The Balaban J connectivity index is 1.50. The van der Waals surface area contributed by atoms with Crippen LogP contribution in [-0.4, -0.2) is 37.7 Å². The molecular formula is C23H29N5O2S. The van der Waals surface area contributed by atoms with E-state index in [0.717, 1.165) is 42.3 Å². The summed E-state index contributed by atoms with van der Waals surface area (Å²) in [6.45, 7) is 3.75. The van der Waals surface area contributed by atoms with E-state index in [9.17, 15) is 9.90 Å². The standard InChI is InChI=1S/C23H29N5O2S/c1-23(2,30)13-10-11-15(12-13)24-19-18(21-26-16-8-3-4-9-17(16)31-21)20(29)28-22(27-19)25-14-6-5-7-14/h3-4,8-9,13-15,30H,5-7,10-12H2,1-2H3,(H3,24,25,27,28,29). The van der Waals surface area contributed by atoms with Crippen molar-refractivity contribution in [3.05, 3.63) is 34.6 Å². The Morgan fingerprint density at radius 1 is 1.10 bits per heavy atom. The van der Waals surface area contributed by atoms with E-state index in [2.05, 4.69) is 15.6 Å². The summed E-state index contributed by atoms with van der Waals surface area (Å²) < 4.78 is 1.04. The number of nitrogens with one attached hydrogen (secondary N) is 3. The second-order valence-electron chi connectivity index (χ2n) is 9.40. The quantitative estimate of drug-likeness (QED) is 0.455. The number of hydrogen-bond donors (Lipinski definition) is 4. The summed E-state index contributed by atoms with van der Waals surface area (Å²) in [7, 11) is 0. The lowest BCUT2D eigenvalue weighted by molar-refractivity contribution is 0.0197. The number of nitrogens with zero attached hydrogens (tertiary/aromatic N) is 2. The molecule has 0 radical (unpaired) electrons. The minimum absolute atomic E-state index is 0.162. The van der Waals surface area contributed by atoms with Gasteiger partial charge in [0, 0.05) is 12.1 Å². The first kappa shape index (κ1) is 20.5. The highest BCUT2D eigenvalue weighted by Gasteiger charge is 2.35. The summed E-state index contributed by atoms with van der Waals surface area (Å²) in [4.78, 5) is 25.6. The minimum Gasteiger partial charge on any atom is -0.390 e. The third kappa shape index (κ3) is 4.19. The van der Waals surface area contributed by atoms with Gasteiger partial charge in [-0.2, -0.15) is 4.98 Å². The lowest BCUT2D eigenvalue weighted by atomic mass is 9.89. The number of para-hydroxylation sites is 1. The summed E-state index contributed by atoms with van der Waals surface area (Å²) in [6.07, 6.45) is 6.14. The van der Waals surface area contributed by atoms with E-state index in [0.29, 0.717) is 28.4 Å². The van der Waals surface area contributed by atoms with Crippen LogP contribution in [0.2, 0.25) is 0 Å². The first-order chi connectivity index (χ1) is 14.9. The summed E-state index contributed by atoms with van der Waals surface area (Å²) >= 11 is 1.51. The van der Waals surface area contributed by atoms with Crippen molar-refractivity contribution in [3.8, 4) is 10.6 Å². The average Bonchev–Trinajstić information content (AvgIpc) is 3.31. The number of thiazole rings is 1. The van der Waals surface area contributed by atoms with Gasteiger partial charge in [-0.1, -0.05) is 12.1 Å². The van der Waals surface area contributed by atoms with Gasteiger partial charge < -0.3 is 15.7 Å². The molecular weight excluding hydrogens is 410 g/mol. The van der Waals surface area contributed by atoms with E-state index in [4.69, 9.17) is 9.97 Å². The molecule has 2 atom stereocenters. The SMILES string of the molecule is CC(C)(O)C1CCC(Nc2nc(NC3CCC3)[nH]c(=O)c2-c2nc3ccccc3s2)C1. The number of aromatic amines is 1. The fourth-order valence-electron chi connectivity index (χ4n) is 4.52. The van der Waals surface area contributed by atoms with E-state index in [1.807, 2.05) is 38.1 Å². The van der Waals surface area contributed by atoms with Crippen molar-refractivity contribution in [1.29, 1.82) is 0 Å². The first-order valence-corrected chi connectivity index (χ1v) is 11.9. The van der Waals surface area contributed by atoms with Gasteiger partial charge in [0.15, 0.2) is 0 Å². The molecule has 2 aliphatic rings. The van der Waals surface area contributed by atoms with Crippen LogP contribution in [0.4, 0.5) is 11.8 Å². The molecule has 2 heterocycles. The normalized spacial score (nSPS) is 21.9. The van der Waals surface area contributed by atoms with Crippen molar-refractivity contribution in [2.45, 2.75) is 70.1 Å². The number of fused-ring (bicyclic) bond motifs is 1. The smallest absolute Gasteiger partial charge is 0.264 e. The highest BCUT2D eigenvalue weighted by Crippen LogP contribution is 2.37. The molecule has 1 aromatic carbocycles. The molecule has 2 aromatic heterocycles. The molecule has 0 amide bonds. The number of rotatable bonds is 6. The van der Waals surface area contributed by atoms with Gasteiger partial charge in [0.2, 0.25) is 5.95 Å². The molecule has 0 aliphatic heterocycles. The third-order valence-corrected chi connectivity index (χ3v) is 7.70. The lowest BCUT2D eigenvalue weighted by Gasteiger charge is -2.27. The van der Waals surface area contributed by atoms with Crippen molar-refractivity contribution in [2.24, 2.45) is 5.92 Å². The van der Waals surface area contributed by atoms with E-state index in [-0.39, 0.29) is 17.5 Å². The topological polar surface area (TPSA) is 103 Å². The molecule has 2 unspecified atom stereocenters. The summed E-state index contributed by atoms with van der Waals surface area (Å²) in [5.41, 5.74) is 0.486. The molecule has 3 aromatic rings. The molecule has 164 valence electrons. The Morgan fingerprint density at radius 2 is 1.90 bits per heavy atom. The highest BCUT2D eigenvalue weighted by molar-refractivity contribution is 7.21. The number of hydrogen-bond acceptors (Lipinski definition) is 7. The van der Waals surface area contributed by atoms with Crippen molar-refractivity contribution in [3.63, 3.8) is 0 Å². The van der Waals surface area contributed by atoms with Crippen molar-refractivity contribution in [1.82, 2.24) is 15.0 Å². The fourth-order valence-corrected chi connectivity index (χ4v) is 5.53. The van der Waals surface area contributed by atoms with Gasteiger partial charge in [-0.15, -0.1) is 11.3 Å².